The highest BCUT2D eigenvalue weighted by molar-refractivity contribution is 5.39. The first-order valence-corrected chi connectivity index (χ1v) is 5.84. The molecule has 2 unspecified atom stereocenters. The molecule has 3 rings (SSSR count). The van der Waals surface area contributed by atoms with E-state index < -0.39 is 0 Å². The number of hydrogen-bond acceptors (Lipinski definition) is 4. The lowest BCUT2D eigenvalue weighted by Crippen LogP contribution is -2.22. The normalized spacial score (nSPS) is 27.8. The zero-order valence-electron chi connectivity index (χ0n) is 9.13. The second-order valence-electron chi connectivity index (χ2n) is 4.73. The molecule has 0 amide bonds. The van der Waals surface area contributed by atoms with E-state index >= 15 is 0 Å². The predicted octanol–water partition coefficient (Wildman–Crippen LogP) is 1.58. The monoisotopic (exact) mass is 214 g/mol. The molecule has 4 nitrogen and oxygen atoms in total. The van der Waals surface area contributed by atoms with Gasteiger partial charge in [0, 0.05) is 13.1 Å². The van der Waals surface area contributed by atoms with Gasteiger partial charge in [0.15, 0.2) is 5.69 Å². The number of nitrogens with zero attached hydrogens (tertiary/aromatic N) is 4. The van der Waals surface area contributed by atoms with E-state index in [0.717, 1.165) is 30.7 Å². The molecular formula is C12H14N4. The maximum absolute atomic E-state index is 8.66. The van der Waals surface area contributed by atoms with Crippen LogP contribution in [-0.2, 0) is 0 Å². The van der Waals surface area contributed by atoms with E-state index in [0.29, 0.717) is 5.69 Å². The molecule has 1 aliphatic heterocycles. The third-order valence-corrected chi connectivity index (χ3v) is 3.80. The van der Waals surface area contributed by atoms with E-state index in [1.807, 2.05) is 6.07 Å². The minimum Gasteiger partial charge on any atom is -0.355 e. The van der Waals surface area contributed by atoms with Crippen molar-refractivity contribution >= 4 is 5.82 Å². The lowest BCUT2D eigenvalue weighted by molar-refractivity contribution is 0.494. The molecule has 2 heterocycles. The molecule has 0 bridgehead atoms. The van der Waals surface area contributed by atoms with Crippen LogP contribution in [0, 0.1) is 23.2 Å². The molecule has 4 heteroatoms. The Bertz CT molecular complexity index is 408. The van der Waals surface area contributed by atoms with Gasteiger partial charge in [0.05, 0.1) is 12.4 Å². The van der Waals surface area contributed by atoms with Crippen molar-refractivity contribution in [2.75, 3.05) is 18.0 Å². The summed E-state index contributed by atoms with van der Waals surface area (Å²) in [7, 11) is 0. The summed E-state index contributed by atoms with van der Waals surface area (Å²) < 4.78 is 0. The lowest BCUT2D eigenvalue weighted by Gasteiger charge is -2.17. The molecule has 82 valence electrons. The summed E-state index contributed by atoms with van der Waals surface area (Å²) >= 11 is 0. The average molecular weight is 214 g/mol. The fourth-order valence-electron chi connectivity index (χ4n) is 2.96. The van der Waals surface area contributed by atoms with Crippen molar-refractivity contribution in [1.29, 1.82) is 5.26 Å². The van der Waals surface area contributed by atoms with E-state index in [-0.39, 0.29) is 0 Å². The van der Waals surface area contributed by atoms with Crippen LogP contribution in [0.4, 0.5) is 5.82 Å². The van der Waals surface area contributed by atoms with Crippen molar-refractivity contribution in [1.82, 2.24) is 9.97 Å². The molecule has 0 aromatic carbocycles. The summed E-state index contributed by atoms with van der Waals surface area (Å²) in [6.45, 7) is 2.23. The van der Waals surface area contributed by atoms with E-state index in [1.54, 1.807) is 12.4 Å². The van der Waals surface area contributed by atoms with Crippen molar-refractivity contribution < 1.29 is 0 Å². The first kappa shape index (κ1) is 9.59. The summed E-state index contributed by atoms with van der Waals surface area (Å²) in [6.07, 6.45) is 7.40. The topological polar surface area (TPSA) is 52.8 Å². The van der Waals surface area contributed by atoms with Crippen LogP contribution in [0.15, 0.2) is 12.4 Å². The number of hydrogen-bond donors (Lipinski definition) is 0. The van der Waals surface area contributed by atoms with Gasteiger partial charge in [0.1, 0.15) is 11.9 Å². The van der Waals surface area contributed by atoms with Crippen molar-refractivity contribution in [3.63, 3.8) is 0 Å². The Balaban J connectivity index is 1.76. The Morgan fingerprint density at radius 2 is 1.94 bits per heavy atom. The van der Waals surface area contributed by atoms with Crippen LogP contribution in [0.2, 0.25) is 0 Å². The maximum Gasteiger partial charge on any atom is 0.158 e. The Hall–Kier alpha value is -1.63. The van der Waals surface area contributed by atoms with Gasteiger partial charge in [-0.15, -0.1) is 0 Å². The van der Waals surface area contributed by atoms with E-state index in [1.165, 1.54) is 19.3 Å². The minimum atomic E-state index is 0.392. The van der Waals surface area contributed by atoms with Gasteiger partial charge in [-0.25, -0.2) is 9.97 Å². The van der Waals surface area contributed by atoms with Crippen molar-refractivity contribution in [2.24, 2.45) is 11.8 Å². The highest BCUT2D eigenvalue weighted by Gasteiger charge is 2.36. The van der Waals surface area contributed by atoms with Gasteiger partial charge in [0.25, 0.3) is 0 Å². The quantitative estimate of drug-likeness (QED) is 0.712. The van der Waals surface area contributed by atoms with Gasteiger partial charge in [0.2, 0.25) is 0 Å². The molecule has 1 aromatic heterocycles. The van der Waals surface area contributed by atoms with Crippen molar-refractivity contribution in [3.8, 4) is 6.07 Å². The second-order valence-corrected chi connectivity index (χ2v) is 4.73. The summed E-state index contributed by atoms with van der Waals surface area (Å²) in [5.41, 5.74) is 0.392. The molecule has 2 aliphatic rings. The van der Waals surface area contributed by atoms with Crippen LogP contribution in [0.1, 0.15) is 25.0 Å². The van der Waals surface area contributed by atoms with Gasteiger partial charge in [-0.3, -0.25) is 0 Å². The third-order valence-electron chi connectivity index (χ3n) is 3.80. The number of fused-ring (bicyclic) bond motifs is 1. The fraction of sp³-hybridized carbons (Fsp3) is 0.583. The SMILES string of the molecule is N#Cc1cnc(N2CC3CCCC3C2)cn1. The molecule has 1 saturated heterocycles. The first-order valence-electron chi connectivity index (χ1n) is 5.84. The van der Waals surface area contributed by atoms with Gasteiger partial charge in [-0.1, -0.05) is 6.42 Å². The third kappa shape index (κ3) is 1.53. The fourth-order valence-corrected chi connectivity index (χ4v) is 2.96. The Kier molecular flexibility index (Phi) is 2.24. The zero-order valence-corrected chi connectivity index (χ0v) is 9.13. The number of rotatable bonds is 1. The van der Waals surface area contributed by atoms with Crippen LogP contribution >= 0.6 is 0 Å². The Labute approximate surface area is 94.9 Å². The molecule has 0 spiro atoms. The van der Waals surface area contributed by atoms with E-state index in [4.69, 9.17) is 5.26 Å². The molecule has 0 radical (unpaired) electrons. The number of aromatic nitrogens is 2. The predicted molar refractivity (Wildman–Crippen MR) is 59.8 cm³/mol. The molecule has 0 N–H and O–H groups in total. The highest BCUT2D eigenvalue weighted by Crippen LogP contribution is 2.38. The maximum atomic E-state index is 8.66. The van der Waals surface area contributed by atoms with Crippen LogP contribution in [-0.4, -0.2) is 23.1 Å². The minimum absolute atomic E-state index is 0.392. The molecular weight excluding hydrogens is 200 g/mol. The summed E-state index contributed by atoms with van der Waals surface area (Å²) in [5.74, 6) is 2.64. The molecule has 16 heavy (non-hydrogen) atoms. The lowest BCUT2D eigenvalue weighted by atomic mass is 10.0. The van der Waals surface area contributed by atoms with E-state index in [9.17, 15) is 0 Å². The van der Waals surface area contributed by atoms with Crippen LogP contribution in [0.3, 0.4) is 0 Å². The molecule has 2 atom stereocenters. The van der Waals surface area contributed by atoms with Crippen LogP contribution < -0.4 is 4.90 Å². The van der Waals surface area contributed by atoms with Gasteiger partial charge >= 0.3 is 0 Å². The first-order chi connectivity index (χ1) is 7.86. The average Bonchev–Trinajstić information content (AvgIpc) is 2.89. The van der Waals surface area contributed by atoms with Gasteiger partial charge in [-0.05, 0) is 24.7 Å². The number of nitriles is 1. The Morgan fingerprint density at radius 1 is 1.19 bits per heavy atom. The van der Waals surface area contributed by atoms with Crippen LogP contribution in [0.25, 0.3) is 0 Å². The molecule has 1 aromatic rings. The largest absolute Gasteiger partial charge is 0.355 e. The van der Waals surface area contributed by atoms with Gasteiger partial charge < -0.3 is 4.90 Å². The number of anilines is 1. The second kappa shape index (κ2) is 3.75. The summed E-state index contributed by atoms with van der Waals surface area (Å²) in [6, 6.07) is 1.99. The van der Waals surface area contributed by atoms with Gasteiger partial charge in [-0.2, -0.15) is 5.26 Å². The van der Waals surface area contributed by atoms with Crippen molar-refractivity contribution in [3.05, 3.63) is 18.1 Å². The van der Waals surface area contributed by atoms with E-state index in [2.05, 4.69) is 14.9 Å². The highest BCUT2D eigenvalue weighted by atomic mass is 15.2. The van der Waals surface area contributed by atoms with Crippen molar-refractivity contribution in [2.45, 2.75) is 19.3 Å². The zero-order chi connectivity index (χ0) is 11.0. The summed E-state index contributed by atoms with van der Waals surface area (Å²) in [4.78, 5) is 10.7. The smallest absolute Gasteiger partial charge is 0.158 e. The van der Waals surface area contributed by atoms with Crippen LogP contribution in [0.5, 0.6) is 0 Å². The standard InChI is InChI=1S/C12H14N4/c13-4-11-5-15-12(6-14-11)16-7-9-2-1-3-10(9)8-16/h5-6,9-10H,1-3,7-8H2. The molecule has 2 fully saturated rings. The molecule has 1 aliphatic carbocycles. The molecule has 1 saturated carbocycles. The Morgan fingerprint density at radius 3 is 2.50 bits per heavy atom. The summed E-state index contributed by atoms with van der Waals surface area (Å²) in [5, 5.41) is 8.66.